The van der Waals surface area contributed by atoms with Crippen LogP contribution in [0.15, 0.2) is 36.4 Å². The van der Waals surface area contributed by atoms with Crippen LogP contribution in [0, 0.1) is 24.1 Å². The van der Waals surface area contributed by atoms with Crippen molar-refractivity contribution in [3.05, 3.63) is 53.3 Å². The van der Waals surface area contributed by atoms with Crippen LogP contribution < -0.4 is 10.5 Å². The Labute approximate surface area is 104 Å². The number of rotatable bonds is 2. The number of anilines is 1. The standard InChI is InChI=1S/C14H11FN2O/c1-9-6-10(8-16)2-4-13(9)18-14-5-3-11(15)7-12(14)17/h2-7H,17H2,1H3. The third kappa shape index (κ3) is 2.41. The Kier molecular flexibility index (Phi) is 3.16. The molecule has 0 fully saturated rings. The monoisotopic (exact) mass is 242 g/mol. The van der Waals surface area contributed by atoms with E-state index < -0.39 is 5.82 Å². The second-order valence-corrected chi connectivity index (χ2v) is 3.88. The summed E-state index contributed by atoms with van der Waals surface area (Å²) in [6.45, 7) is 1.83. The summed E-state index contributed by atoms with van der Waals surface area (Å²) in [7, 11) is 0. The number of aryl methyl sites for hydroxylation is 1. The number of nitrogen functional groups attached to an aromatic ring is 1. The molecule has 0 spiro atoms. The Bertz CT molecular complexity index is 632. The third-order valence-electron chi connectivity index (χ3n) is 2.50. The highest BCUT2D eigenvalue weighted by Crippen LogP contribution is 2.30. The van der Waals surface area contributed by atoms with Gasteiger partial charge in [0.1, 0.15) is 11.6 Å². The zero-order valence-electron chi connectivity index (χ0n) is 9.77. The summed E-state index contributed by atoms with van der Waals surface area (Å²) >= 11 is 0. The van der Waals surface area contributed by atoms with Gasteiger partial charge in [-0.25, -0.2) is 4.39 Å². The average molecular weight is 242 g/mol. The van der Waals surface area contributed by atoms with Crippen molar-refractivity contribution in [2.45, 2.75) is 6.92 Å². The van der Waals surface area contributed by atoms with Gasteiger partial charge in [-0.1, -0.05) is 0 Å². The topological polar surface area (TPSA) is 59.0 Å². The Morgan fingerprint density at radius 3 is 2.50 bits per heavy atom. The fraction of sp³-hybridized carbons (Fsp3) is 0.0714. The van der Waals surface area contributed by atoms with E-state index in [0.717, 1.165) is 5.56 Å². The van der Waals surface area contributed by atoms with Crippen LogP contribution >= 0.6 is 0 Å². The van der Waals surface area contributed by atoms with Crippen molar-refractivity contribution in [3.63, 3.8) is 0 Å². The largest absolute Gasteiger partial charge is 0.455 e. The predicted molar refractivity (Wildman–Crippen MR) is 66.8 cm³/mol. The van der Waals surface area contributed by atoms with Gasteiger partial charge in [0.2, 0.25) is 0 Å². The fourth-order valence-corrected chi connectivity index (χ4v) is 1.56. The van der Waals surface area contributed by atoms with Crippen LogP contribution in [0.2, 0.25) is 0 Å². The second-order valence-electron chi connectivity index (χ2n) is 3.88. The Morgan fingerprint density at radius 2 is 1.89 bits per heavy atom. The van der Waals surface area contributed by atoms with Crippen LogP contribution in [0.1, 0.15) is 11.1 Å². The normalized spacial score (nSPS) is 9.83. The Hall–Kier alpha value is -2.54. The molecule has 0 atom stereocenters. The smallest absolute Gasteiger partial charge is 0.150 e. The molecule has 0 unspecified atom stereocenters. The van der Waals surface area contributed by atoms with E-state index in [2.05, 4.69) is 0 Å². The first-order chi connectivity index (χ1) is 8.60. The number of nitrogens with zero attached hydrogens (tertiary/aromatic N) is 1. The summed E-state index contributed by atoms with van der Waals surface area (Å²) in [5.41, 5.74) is 7.27. The van der Waals surface area contributed by atoms with Crippen molar-refractivity contribution in [2.75, 3.05) is 5.73 Å². The molecule has 0 aromatic heterocycles. The van der Waals surface area contributed by atoms with Crippen molar-refractivity contribution in [1.29, 1.82) is 5.26 Å². The summed E-state index contributed by atoms with van der Waals surface area (Å²) < 4.78 is 18.5. The molecule has 0 saturated heterocycles. The molecular weight excluding hydrogens is 231 g/mol. The molecule has 2 aromatic carbocycles. The first-order valence-corrected chi connectivity index (χ1v) is 5.34. The summed E-state index contributed by atoms with van der Waals surface area (Å²) in [6.07, 6.45) is 0. The molecular formula is C14H11FN2O. The van der Waals surface area contributed by atoms with Crippen LogP contribution in [0.5, 0.6) is 11.5 Å². The zero-order chi connectivity index (χ0) is 13.1. The maximum atomic E-state index is 12.9. The SMILES string of the molecule is Cc1cc(C#N)ccc1Oc1ccc(F)cc1N. The van der Waals surface area contributed by atoms with E-state index in [4.69, 9.17) is 15.7 Å². The molecule has 0 bridgehead atoms. The molecule has 18 heavy (non-hydrogen) atoms. The van der Waals surface area contributed by atoms with Crippen molar-refractivity contribution < 1.29 is 9.13 Å². The van der Waals surface area contributed by atoms with Crippen LogP contribution in [0.4, 0.5) is 10.1 Å². The van der Waals surface area contributed by atoms with Crippen LogP contribution in [0.3, 0.4) is 0 Å². The van der Waals surface area contributed by atoms with E-state index in [-0.39, 0.29) is 5.69 Å². The van der Waals surface area contributed by atoms with E-state index in [1.807, 2.05) is 13.0 Å². The highest BCUT2D eigenvalue weighted by Gasteiger charge is 2.06. The maximum Gasteiger partial charge on any atom is 0.150 e. The quantitative estimate of drug-likeness (QED) is 0.821. The fourth-order valence-electron chi connectivity index (χ4n) is 1.56. The van der Waals surface area contributed by atoms with E-state index in [1.165, 1.54) is 18.2 Å². The Balaban J connectivity index is 2.32. The third-order valence-corrected chi connectivity index (χ3v) is 2.50. The van der Waals surface area contributed by atoms with Crippen molar-refractivity contribution in [3.8, 4) is 17.6 Å². The summed E-state index contributed by atoms with van der Waals surface area (Å²) in [4.78, 5) is 0. The molecule has 0 amide bonds. The number of benzene rings is 2. The van der Waals surface area contributed by atoms with E-state index in [0.29, 0.717) is 17.1 Å². The van der Waals surface area contributed by atoms with Crippen molar-refractivity contribution >= 4 is 5.69 Å². The van der Waals surface area contributed by atoms with E-state index in [1.54, 1.807) is 18.2 Å². The van der Waals surface area contributed by atoms with Gasteiger partial charge in [-0.15, -0.1) is 0 Å². The van der Waals surface area contributed by atoms with Crippen molar-refractivity contribution in [2.24, 2.45) is 0 Å². The van der Waals surface area contributed by atoms with Gasteiger partial charge in [-0.2, -0.15) is 5.26 Å². The number of hydrogen-bond acceptors (Lipinski definition) is 3. The van der Waals surface area contributed by atoms with Crippen molar-refractivity contribution in [1.82, 2.24) is 0 Å². The average Bonchev–Trinajstić information content (AvgIpc) is 2.34. The highest BCUT2D eigenvalue weighted by molar-refractivity contribution is 5.55. The minimum Gasteiger partial charge on any atom is -0.455 e. The molecule has 4 heteroatoms. The van der Waals surface area contributed by atoms with E-state index >= 15 is 0 Å². The molecule has 0 aliphatic carbocycles. The molecule has 2 aromatic rings. The number of nitrogens with two attached hydrogens (primary N) is 1. The van der Waals surface area contributed by atoms with E-state index in [9.17, 15) is 4.39 Å². The number of hydrogen-bond donors (Lipinski definition) is 1. The van der Waals surface area contributed by atoms with Gasteiger partial charge in [0.05, 0.1) is 17.3 Å². The van der Waals surface area contributed by atoms with Gasteiger partial charge in [-0.05, 0) is 42.8 Å². The maximum absolute atomic E-state index is 12.9. The molecule has 3 nitrogen and oxygen atoms in total. The second kappa shape index (κ2) is 4.76. The number of ether oxygens (including phenoxy) is 1. The number of nitriles is 1. The predicted octanol–water partition coefficient (Wildman–Crippen LogP) is 3.38. The van der Waals surface area contributed by atoms with Gasteiger partial charge in [0, 0.05) is 6.07 Å². The molecule has 0 heterocycles. The molecule has 2 rings (SSSR count). The van der Waals surface area contributed by atoms with Gasteiger partial charge >= 0.3 is 0 Å². The molecule has 0 aliphatic rings. The van der Waals surface area contributed by atoms with Gasteiger partial charge in [-0.3, -0.25) is 0 Å². The Morgan fingerprint density at radius 1 is 1.17 bits per heavy atom. The molecule has 0 radical (unpaired) electrons. The minimum atomic E-state index is -0.406. The van der Waals surface area contributed by atoms with Crippen LogP contribution in [-0.4, -0.2) is 0 Å². The zero-order valence-corrected chi connectivity index (χ0v) is 9.77. The first-order valence-electron chi connectivity index (χ1n) is 5.34. The molecule has 2 N–H and O–H groups in total. The molecule has 90 valence electrons. The lowest BCUT2D eigenvalue weighted by atomic mass is 10.1. The lowest BCUT2D eigenvalue weighted by Crippen LogP contribution is -1.94. The lowest BCUT2D eigenvalue weighted by Gasteiger charge is -2.10. The van der Waals surface area contributed by atoms with Crippen LogP contribution in [-0.2, 0) is 0 Å². The summed E-state index contributed by atoms with van der Waals surface area (Å²) in [5, 5.41) is 8.76. The molecule has 0 saturated carbocycles. The van der Waals surface area contributed by atoms with Gasteiger partial charge in [0.15, 0.2) is 5.75 Å². The first kappa shape index (κ1) is 11.9. The molecule has 0 aliphatic heterocycles. The minimum absolute atomic E-state index is 0.235. The number of halogens is 1. The summed E-state index contributed by atoms with van der Waals surface area (Å²) in [5.74, 6) is 0.577. The van der Waals surface area contributed by atoms with Gasteiger partial charge in [0.25, 0.3) is 0 Å². The van der Waals surface area contributed by atoms with Gasteiger partial charge < -0.3 is 10.5 Å². The summed E-state index contributed by atoms with van der Waals surface area (Å²) in [6, 6.07) is 11.1. The lowest BCUT2D eigenvalue weighted by molar-refractivity contribution is 0.479. The van der Waals surface area contributed by atoms with Crippen LogP contribution in [0.25, 0.3) is 0 Å². The highest BCUT2D eigenvalue weighted by atomic mass is 19.1.